The molecule has 16 heavy (non-hydrogen) atoms. The molecule has 0 aliphatic rings. The standard InChI is InChI=1S/C10H9BrClF3S/c1-6(5-12)16-9-3-2-7(11)4-8(9)10(13,14)15/h2-4,6H,5H2,1H3. The summed E-state index contributed by atoms with van der Waals surface area (Å²) >= 11 is 9.76. The van der Waals surface area contributed by atoms with Crippen LogP contribution < -0.4 is 0 Å². The molecule has 0 aromatic heterocycles. The Kier molecular flexibility index (Phi) is 5.01. The minimum atomic E-state index is -4.34. The number of thioether (sulfide) groups is 1. The molecule has 0 N–H and O–H groups in total. The molecule has 1 rings (SSSR count). The van der Waals surface area contributed by atoms with Crippen molar-refractivity contribution in [2.75, 3.05) is 5.88 Å². The maximum absolute atomic E-state index is 12.7. The van der Waals surface area contributed by atoms with E-state index in [-0.39, 0.29) is 10.1 Å². The molecule has 0 nitrogen and oxygen atoms in total. The van der Waals surface area contributed by atoms with Crippen molar-refractivity contribution in [3.8, 4) is 0 Å². The van der Waals surface area contributed by atoms with Crippen LogP contribution in [0.2, 0.25) is 0 Å². The second kappa shape index (κ2) is 5.65. The van der Waals surface area contributed by atoms with E-state index in [4.69, 9.17) is 11.6 Å². The van der Waals surface area contributed by atoms with Crippen LogP contribution in [0.25, 0.3) is 0 Å². The number of rotatable bonds is 3. The van der Waals surface area contributed by atoms with Crippen molar-refractivity contribution >= 4 is 39.3 Å². The summed E-state index contributed by atoms with van der Waals surface area (Å²) in [4.78, 5) is 0.212. The number of hydrogen-bond acceptors (Lipinski definition) is 1. The molecule has 0 fully saturated rings. The fourth-order valence-corrected chi connectivity index (χ4v) is 2.57. The van der Waals surface area contributed by atoms with Gasteiger partial charge < -0.3 is 0 Å². The molecule has 0 aliphatic heterocycles. The van der Waals surface area contributed by atoms with E-state index in [9.17, 15) is 13.2 Å². The van der Waals surface area contributed by atoms with Gasteiger partial charge in [0.2, 0.25) is 0 Å². The number of halogens is 5. The second-order valence-electron chi connectivity index (χ2n) is 3.22. The lowest BCUT2D eigenvalue weighted by molar-refractivity contribution is -0.139. The Hall–Kier alpha value is 0.130. The summed E-state index contributed by atoms with van der Waals surface area (Å²) in [6, 6.07) is 4.14. The highest BCUT2D eigenvalue weighted by Gasteiger charge is 2.34. The molecule has 6 heteroatoms. The van der Waals surface area contributed by atoms with Crippen molar-refractivity contribution in [1.82, 2.24) is 0 Å². The molecule has 1 aromatic rings. The van der Waals surface area contributed by atoms with E-state index in [0.29, 0.717) is 10.4 Å². The molecule has 0 saturated heterocycles. The Morgan fingerprint density at radius 1 is 1.44 bits per heavy atom. The molecular weight excluding hydrogens is 325 g/mol. The van der Waals surface area contributed by atoms with Crippen LogP contribution in [-0.2, 0) is 6.18 Å². The summed E-state index contributed by atoms with van der Waals surface area (Å²) in [6.07, 6.45) is -4.34. The van der Waals surface area contributed by atoms with Gasteiger partial charge in [-0.1, -0.05) is 22.9 Å². The Morgan fingerprint density at radius 3 is 2.56 bits per heavy atom. The lowest BCUT2D eigenvalue weighted by Crippen LogP contribution is -2.08. The molecule has 0 heterocycles. The van der Waals surface area contributed by atoms with Crippen molar-refractivity contribution in [1.29, 1.82) is 0 Å². The molecule has 0 bridgehead atoms. The molecule has 0 amide bonds. The predicted molar refractivity (Wildman–Crippen MR) is 65.2 cm³/mol. The average molecular weight is 334 g/mol. The van der Waals surface area contributed by atoms with E-state index < -0.39 is 11.7 Å². The highest BCUT2D eigenvalue weighted by atomic mass is 79.9. The molecule has 0 aliphatic carbocycles. The summed E-state index contributed by atoms with van der Waals surface area (Å²) in [7, 11) is 0. The Labute approximate surface area is 110 Å². The van der Waals surface area contributed by atoms with Crippen LogP contribution in [0.4, 0.5) is 13.2 Å². The molecule has 1 aromatic carbocycles. The Morgan fingerprint density at radius 2 is 2.06 bits per heavy atom. The van der Waals surface area contributed by atoms with Crippen molar-refractivity contribution in [3.63, 3.8) is 0 Å². The third kappa shape index (κ3) is 3.86. The van der Waals surface area contributed by atoms with E-state index in [1.807, 2.05) is 0 Å². The van der Waals surface area contributed by atoms with E-state index in [1.54, 1.807) is 13.0 Å². The van der Waals surface area contributed by atoms with Gasteiger partial charge in [0, 0.05) is 20.5 Å². The maximum atomic E-state index is 12.7. The SMILES string of the molecule is CC(CCl)Sc1ccc(Br)cc1C(F)(F)F. The fraction of sp³-hybridized carbons (Fsp3) is 0.400. The highest BCUT2D eigenvalue weighted by molar-refractivity contribution is 9.10. The maximum Gasteiger partial charge on any atom is 0.417 e. The largest absolute Gasteiger partial charge is 0.417 e. The van der Waals surface area contributed by atoms with Gasteiger partial charge in [-0.2, -0.15) is 13.2 Å². The van der Waals surface area contributed by atoms with Crippen LogP contribution in [-0.4, -0.2) is 11.1 Å². The third-order valence-corrected chi connectivity index (χ3v) is 4.11. The van der Waals surface area contributed by atoms with Crippen LogP contribution in [0.15, 0.2) is 27.6 Å². The van der Waals surface area contributed by atoms with Gasteiger partial charge in [0.25, 0.3) is 0 Å². The monoisotopic (exact) mass is 332 g/mol. The molecule has 0 saturated carbocycles. The van der Waals surface area contributed by atoms with Gasteiger partial charge in [0.05, 0.1) is 5.56 Å². The first-order valence-corrected chi connectivity index (χ1v) is 6.64. The zero-order chi connectivity index (χ0) is 12.3. The summed E-state index contributed by atoms with van der Waals surface area (Å²) in [5.74, 6) is 0.317. The van der Waals surface area contributed by atoms with Crippen LogP contribution in [0.1, 0.15) is 12.5 Å². The van der Waals surface area contributed by atoms with Crippen molar-refractivity contribution in [3.05, 3.63) is 28.2 Å². The first-order valence-electron chi connectivity index (χ1n) is 4.44. The summed E-state index contributed by atoms with van der Waals surface area (Å²) in [5, 5.41) is -0.0519. The summed E-state index contributed by atoms with van der Waals surface area (Å²) in [5.41, 5.74) is -0.621. The average Bonchev–Trinajstić information content (AvgIpc) is 2.19. The zero-order valence-electron chi connectivity index (χ0n) is 8.31. The van der Waals surface area contributed by atoms with Gasteiger partial charge in [-0.15, -0.1) is 23.4 Å². The first-order chi connectivity index (χ1) is 7.34. The third-order valence-electron chi connectivity index (χ3n) is 1.79. The van der Waals surface area contributed by atoms with E-state index in [0.717, 1.165) is 17.8 Å². The second-order valence-corrected chi connectivity index (χ2v) is 5.93. The van der Waals surface area contributed by atoms with Gasteiger partial charge in [0.1, 0.15) is 0 Å². The topological polar surface area (TPSA) is 0 Å². The van der Waals surface area contributed by atoms with Crippen molar-refractivity contribution in [2.24, 2.45) is 0 Å². The van der Waals surface area contributed by atoms with Gasteiger partial charge >= 0.3 is 6.18 Å². The van der Waals surface area contributed by atoms with Gasteiger partial charge in [-0.05, 0) is 18.2 Å². The molecule has 1 atom stereocenters. The molecule has 0 spiro atoms. The van der Waals surface area contributed by atoms with E-state index >= 15 is 0 Å². The molecule has 0 radical (unpaired) electrons. The lowest BCUT2D eigenvalue weighted by atomic mass is 10.2. The predicted octanol–water partition coefficient (Wildman–Crippen LogP) is 5.19. The smallest absolute Gasteiger partial charge is 0.166 e. The van der Waals surface area contributed by atoms with Crippen LogP contribution in [0.3, 0.4) is 0 Å². The molecule has 1 unspecified atom stereocenters. The normalized spacial score (nSPS) is 13.9. The van der Waals surface area contributed by atoms with Crippen LogP contribution in [0, 0.1) is 0 Å². The summed E-state index contributed by atoms with van der Waals surface area (Å²) < 4.78 is 38.6. The molecular formula is C10H9BrClF3S. The Bertz CT molecular complexity index is 368. The zero-order valence-corrected chi connectivity index (χ0v) is 11.5. The van der Waals surface area contributed by atoms with Gasteiger partial charge in [-0.3, -0.25) is 0 Å². The van der Waals surface area contributed by atoms with Crippen LogP contribution in [0.5, 0.6) is 0 Å². The van der Waals surface area contributed by atoms with Gasteiger partial charge in [-0.25, -0.2) is 0 Å². The fourth-order valence-electron chi connectivity index (χ4n) is 1.07. The quantitative estimate of drug-likeness (QED) is 0.542. The summed E-state index contributed by atoms with van der Waals surface area (Å²) in [6.45, 7) is 1.79. The van der Waals surface area contributed by atoms with E-state index in [1.165, 1.54) is 6.07 Å². The Balaban J connectivity index is 3.08. The van der Waals surface area contributed by atoms with Crippen molar-refractivity contribution < 1.29 is 13.2 Å². The minimum Gasteiger partial charge on any atom is -0.166 e. The number of benzene rings is 1. The van der Waals surface area contributed by atoms with Gasteiger partial charge in [0.15, 0.2) is 0 Å². The first kappa shape index (κ1) is 14.2. The van der Waals surface area contributed by atoms with E-state index in [2.05, 4.69) is 15.9 Å². The van der Waals surface area contributed by atoms with Crippen molar-refractivity contribution in [2.45, 2.75) is 23.2 Å². The number of alkyl halides is 4. The highest BCUT2D eigenvalue weighted by Crippen LogP contribution is 2.39. The molecule has 90 valence electrons. The number of hydrogen-bond donors (Lipinski definition) is 0. The lowest BCUT2D eigenvalue weighted by Gasteiger charge is -2.15. The minimum absolute atomic E-state index is 0.0519. The van der Waals surface area contributed by atoms with Crippen LogP contribution >= 0.6 is 39.3 Å².